The number of nitrogens with zero attached hydrogens (tertiary/aromatic N) is 1. The van der Waals surface area contributed by atoms with Crippen LogP contribution >= 0.6 is 11.6 Å². The molecule has 1 aliphatic heterocycles. The normalized spacial score (nSPS) is 19.1. The minimum absolute atomic E-state index is 0.0815. The summed E-state index contributed by atoms with van der Waals surface area (Å²) >= 11 is 5.73. The maximum absolute atomic E-state index is 10.7. The third-order valence-electron chi connectivity index (χ3n) is 2.85. The van der Waals surface area contributed by atoms with E-state index in [0.717, 1.165) is 25.2 Å². The molecule has 2 rings (SSSR count). The lowest BCUT2D eigenvalue weighted by Gasteiger charge is -2.08. The Morgan fingerprint density at radius 3 is 3.06 bits per heavy atom. The van der Waals surface area contributed by atoms with Crippen LogP contribution in [0.3, 0.4) is 0 Å². The molecule has 6 heteroatoms. The monoisotopic (exact) mass is 271 g/mol. The van der Waals surface area contributed by atoms with Crippen molar-refractivity contribution in [1.29, 1.82) is 0 Å². The van der Waals surface area contributed by atoms with E-state index in [1.54, 1.807) is 6.07 Å². The molecule has 0 radical (unpaired) electrons. The van der Waals surface area contributed by atoms with E-state index in [9.17, 15) is 10.1 Å². The average molecular weight is 272 g/mol. The van der Waals surface area contributed by atoms with Crippen LogP contribution in [0.4, 0.5) is 5.69 Å². The Hall–Kier alpha value is -1.17. The smallest absolute Gasteiger partial charge is 0.288 e. The van der Waals surface area contributed by atoms with E-state index in [-0.39, 0.29) is 10.7 Å². The number of nitro groups is 1. The molecular weight excluding hydrogens is 258 g/mol. The topological polar surface area (TPSA) is 61.6 Å². The van der Waals surface area contributed by atoms with Crippen LogP contribution < -0.4 is 0 Å². The molecule has 1 unspecified atom stereocenters. The number of benzene rings is 1. The van der Waals surface area contributed by atoms with Crippen molar-refractivity contribution in [1.82, 2.24) is 0 Å². The summed E-state index contributed by atoms with van der Waals surface area (Å²) in [5.41, 5.74) is 0.673. The van der Waals surface area contributed by atoms with Gasteiger partial charge in [0.05, 0.1) is 24.7 Å². The Morgan fingerprint density at radius 1 is 1.56 bits per heavy atom. The van der Waals surface area contributed by atoms with Crippen molar-refractivity contribution >= 4 is 17.3 Å². The van der Waals surface area contributed by atoms with Gasteiger partial charge in [0.15, 0.2) is 0 Å². The van der Waals surface area contributed by atoms with Crippen LogP contribution in [0.2, 0.25) is 5.02 Å². The van der Waals surface area contributed by atoms with Crippen LogP contribution in [-0.2, 0) is 16.1 Å². The molecule has 5 nitrogen and oxygen atoms in total. The molecule has 98 valence electrons. The maximum atomic E-state index is 10.7. The lowest BCUT2D eigenvalue weighted by atomic mass is 10.1. The molecule has 0 spiro atoms. The summed E-state index contributed by atoms with van der Waals surface area (Å²) in [7, 11) is 0. The number of nitro benzene ring substituents is 1. The predicted molar refractivity (Wildman–Crippen MR) is 66.7 cm³/mol. The van der Waals surface area contributed by atoms with E-state index in [2.05, 4.69) is 0 Å². The summed E-state index contributed by atoms with van der Waals surface area (Å²) in [5.74, 6) is 0.437. The molecule has 1 saturated heterocycles. The summed E-state index contributed by atoms with van der Waals surface area (Å²) in [6.07, 6.45) is 1.01. The van der Waals surface area contributed by atoms with Crippen molar-refractivity contribution in [2.24, 2.45) is 5.92 Å². The fourth-order valence-electron chi connectivity index (χ4n) is 1.85. The third kappa shape index (κ3) is 3.41. The van der Waals surface area contributed by atoms with Crippen molar-refractivity contribution < 1.29 is 14.4 Å². The first-order chi connectivity index (χ1) is 8.66. The molecule has 1 aromatic carbocycles. The van der Waals surface area contributed by atoms with Gasteiger partial charge < -0.3 is 9.47 Å². The van der Waals surface area contributed by atoms with Gasteiger partial charge in [0, 0.05) is 18.6 Å². The van der Waals surface area contributed by atoms with Crippen LogP contribution in [-0.4, -0.2) is 24.7 Å². The molecule has 0 N–H and O–H groups in total. The highest BCUT2D eigenvalue weighted by molar-refractivity contribution is 6.32. The molecular formula is C12H14ClNO4. The first-order valence-corrected chi connectivity index (χ1v) is 6.13. The average Bonchev–Trinajstić information content (AvgIpc) is 2.84. The molecule has 1 aromatic rings. The number of hydrogen-bond acceptors (Lipinski definition) is 4. The fraction of sp³-hybridized carbons (Fsp3) is 0.500. The quantitative estimate of drug-likeness (QED) is 0.610. The second-order valence-electron chi connectivity index (χ2n) is 4.29. The third-order valence-corrected chi connectivity index (χ3v) is 3.17. The van der Waals surface area contributed by atoms with Crippen LogP contribution in [0.1, 0.15) is 12.0 Å². The molecule has 0 amide bonds. The van der Waals surface area contributed by atoms with Gasteiger partial charge in [0.2, 0.25) is 0 Å². The highest BCUT2D eigenvalue weighted by Gasteiger charge is 2.16. The second-order valence-corrected chi connectivity index (χ2v) is 4.69. The zero-order chi connectivity index (χ0) is 13.0. The summed E-state index contributed by atoms with van der Waals surface area (Å²) in [4.78, 5) is 10.2. The largest absolute Gasteiger partial charge is 0.381 e. The Balaban J connectivity index is 1.88. The number of halogens is 1. The lowest BCUT2D eigenvalue weighted by molar-refractivity contribution is -0.384. The van der Waals surface area contributed by atoms with Crippen LogP contribution in [0.5, 0.6) is 0 Å². The van der Waals surface area contributed by atoms with Crippen molar-refractivity contribution in [2.75, 3.05) is 19.8 Å². The first-order valence-electron chi connectivity index (χ1n) is 5.75. The van der Waals surface area contributed by atoms with Gasteiger partial charge in [-0.25, -0.2) is 0 Å². The zero-order valence-electron chi connectivity index (χ0n) is 9.80. The minimum Gasteiger partial charge on any atom is -0.381 e. The molecule has 1 aliphatic rings. The SMILES string of the molecule is O=[N+]([O-])c1cc(COCC2CCOC2)ccc1Cl. The second kappa shape index (κ2) is 6.13. The molecule has 1 heterocycles. The molecule has 0 saturated carbocycles. The Morgan fingerprint density at radius 2 is 2.39 bits per heavy atom. The van der Waals surface area contributed by atoms with Gasteiger partial charge in [-0.2, -0.15) is 0 Å². The fourth-order valence-corrected chi connectivity index (χ4v) is 2.03. The molecule has 0 aromatic heterocycles. The van der Waals surface area contributed by atoms with Gasteiger partial charge in [-0.1, -0.05) is 17.7 Å². The van der Waals surface area contributed by atoms with Gasteiger partial charge in [-0.3, -0.25) is 10.1 Å². The summed E-state index contributed by atoms with van der Waals surface area (Å²) in [6.45, 7) is 2.51. The molecule has 1 atom stereocenters. The Bertz CT molecular complexity index is 432. The van der Waals surface area contributed by atoms with Gasteiger partial charge >= 0.3 is 0 Å². The predicted octanol–water partition coefficient (Wildman–Crippen LogP) is 2.80. The van der Waals surface area contributed by atoms with Gasteiger partial charge in [0.1, 0.15) is 5.02 Å². The summed E-state index contributed by atoms with van der Waals surface area (Å²) in [6, 6.07) is 4.71. The van der Waals surface area contributed by atoms with E-state index in [4.69, 9.17) is 21.1 Å². The van der Waals surface area contributed by atoms with Gasteiger partial charge in [-0.15, -0.1) is 0 Å². The van der Waals surface area contributed by atoms with Crippen LogP contribution in [0, 0.1) is 16.0 Å². The highest BCUT2D eigenvalue weighted by atomic mass is 35.5. The van der Waals surface area contributed by atoms with Crippen molar-refractivity contribution in [3.63, 3.8) is 0 Å². The van der Waals surface area contributed by atoms with E-state index >= 15 is 0 Å². The molecule has 18 heavy (non-hydrogen) atoms. The van der Waals surface area contributed by atoms with Crippen molar-refractivity contribution in [2.45, 2.75) is 13.0 Å². The number of hydrogen-bond donors (Lipinski definition) is 0. The van der Waals surface area contributed by atoms with E-state index in [1.165, 1.54) is 12.1 Å². The molecule has 1 fully saturated rings. The Labute approximate surface area is 110 Å². The van der Waals surface area contributed by atoms with Gasteiger partial charge in [0.25, 0.3) is 5.69 Å². The first kappa shape index (κ1) is 13.3. The standard InChI is InChI=1S/C12H14ClNO4/c13-11-2-1-9(5-12(11)14(15)16)6-18-8-10-3-4-17-7-10/h1-2,5,10H,3-4,6-8H2. The number of rotatable bonds is 5. The molecule has 0 bridgehead atoms. The van der Waals surface area contributed by atoms with Crippen molar-refractivity contribution in [3.8, 4) is 0 Å². The zero-order valence-corrected chi connectivity index (χ0v) is 10.6. The number of ether oxygens (including phenoxy) is 2. The van der Waals surface area contributed by atoms with Gasteiger partial charge in [-0.05, 0) is 18.1 Å². The molecule has 0 aliphatic carbocycles. The van der Waals surface area contributed by atoms with E-state index in [0.29, 0.717) is 19.1 Å². The summed E-state index contributed by atoms with van der Waals surface area (Å²) < 4.78 is 10.8. The maximum Gasteiger partial charge on any atom is 0.288 e. The summed E-state index contributed by atoms with van der Waals surface area (Å²) in [5, 5.41) is 10.9. The highest BCUT2D eigenvalue weighted by Crippen LogP contribution is 2.25. The lowest BCUT2D eigenvalue weighted by Crippen LogP contribution is -2.09. The van der Waals surface area contributed by atoms with Crippen LogP contribution in [0.25, 0.3) is 0 Å². The van der Waals surface area contributed by atoms with Crippen molar-refractivity contribution in [3.05, 3.63) is 38.9 Å². The van der Waals surface area contributed by atoms with Crippen LogP contribution in [0.15, 0.2) is 18.2 Å². The minimum atomic E-state index is -0.489. The Kier molecular flexibility index (Phi) is 4.52. The van der Waals surface area contributed by atoms with E-state index in [1.807, 2.05) is 0 Å². The van der Waals surface area contributed by atoms with E-state index < -0.39 is 4.92 Å².